The second kappa shape index (κ2) is 18.2. The second-order valence-corrected chi connectivity index (χ2v) is 13.3. The summed E-state index contributed by atoms with van der Waals surface area (Å²) in [5, 5.41) is 3.01. The van der Waals surface area contributed by atoms with Crippen LogP contribution >= 0.6 is 0 Å². The standard InChI is InChI=1S/C27H50N4O11S/c1-7-8-9-10-11-17-38-23(33)27(5,6)19-40-43(36,37)42-31(24(28)34)21-14-12-20(13-15-21)22(32)30-39-18-16-29-25(35)41-26(2,3)4/h20-21H,7-19H2,1-6H3,(H2,28,34)(H,29,35)(H,30,32)/t20-,21-. The van der Waals surface area contributed by atoms with E-state index < -0.39 is 64.0 Å². The van der Waals surface area contributed by atoms with Gasteiger partial charge in [-0.1, -0.05) is 32.6 Å². The van der Waals surface area contributed by atoms with E-state index in [-0.39, 0.29) is 32.6 Å². The third-order valence-electron chi connectivity index (χ3n) is 6.43. The van der Waals surface area contributed by atoms with E-state index in [2.05, 4.69) is 17.7 Å². The molecule has 43 heavy (non-hydrogen) atoms. The number of amides is 4. The fourth-order valence-corrected chi connectivity index (χ4v) is 4.91. The lowest BCUT2D eigenvalue weighted by Gasteiger charge is -2.33. The smallest absolute Gasteiger partial charge is 0.421 e. The van der Waals surface area contributed by atoms with Gasteiger partial charge in [0, 0.05) is 12.5 Å². The van der Waals surface area contributed by atoms with Gasteiger partial charge in [0.15, 0.2) is 0 Å². The molecule has 0 radical (unpaired) electrons. The van der Waals surface area contributed by atoms with Crippen LogP contribution in [0.5, 0.6) is 0 Å². The largest absolute Gasteiger partial charge is 0.465 e. The summed E-state index contributed by atoms with van der Waals surface area (Å²) < 4.78 is 45.1. The maximum atomic E-state index is 12.5. The number of unbranched alkanes of at least 4 members (excludes halogenated alkanes) is 4. The van der Waals surface area contributed by atoms with E-state index in [0.717, 1.165) is 25.7 Å². The van der Waals surface area contributed by atoms with Gasteiger partial charge in [-0.2, -0.15) is 13.5 Å². The van der Waals surface area contributed by atoms with Crippen molar-refractivity contribution >= 4 is 34.4 Å². The van der Waals surface area contributed by atoms with Crippen molar-refractivity contribution in [1.82, 2.24) is 15.9 Å². The zero-order valence-corrected chi connectivity index (χ0v) is 27.1. The number of esters is 1. The first kappa shape index (κ1) is 38.3. The van der Waals surface area contributed by atoms with Crippen LogP contribution < -0.4 is 16.5 Å². The number of hydroxylamine groups is 3. The lowest BCUT2D eigenvalue weighted by Crippen LogP contribution is -2.48. The molecule has 0 aliphatic heterocycles. The average Bonchev–Trinajstić information content (AvgIpc) is 2.91. The number of primary amides is 1. The molecule has 1 rings (SSSR count). The van der Waals surface area contributed by atoms with E-state index >= 15 is 0 Å². The number of nitrogens with one attached hydrogen (secondary N) is 2. The molecule has 0 atom stereocenters. The summed E-state index contributed by atoms with van der Waals surface area (Å²) in [6.45, 7) is 10.0. The molecule has 0 aromatic rings. The Morgan fingerprint density at radius 3 is 2.14 bits per heavy atom. The topological polar surface area (TPSA) is 202 Å². The third kappa shape index (κ3) is 16.1. The van der Waals surface area contributed by atoms with Gasteiger partial charge < -0.3 is 20.5 Å². The van der Waals surface area contributed by atoms with Crippen molar-refractivity contribution < 1.29 is 50.4 Å². The molecule has 0 aromatic heterocycles. The Bertz CT molecular complexity index is 1010. The van der Waals surface area contributed by atoms with Gasteiger partial charge in [-0.3, -0.25) is 14.4 Å². The minimum absolute atomic E-state index is 0.00898. The van der Waals surface area contributed by atoms with Crippen molar-refractivity contribution in [2.75, 3.05) is 26.4 Å². The number of hydrogen-bond acceptors (Lipinski definition) is 11. The average molecular weight is 639 g/mol. The number of carbonyl (C=O) groups is 4. The number of nitrogens with two attached hydrogens (primary N) is 1. The van der Waals surface area contributed by atoms with Crippen LogP contribution in [0.4, 0.5) is 9.59 Å². The van der Waals surface area contributed by atoms with Gasteiger partial charge in [-0.15, -0.1) is 4.28 Å². The fourth-order valence-electron chi connectivity index (χ4n) is 4.04. The minimum atomic E-state index is -4.76. The van der Waals surface area contributed by atoms with Crippen molar-refractivity contribution in [2.24, 2.45) is 17.1 Å². The molecule has 0 saturated heterocycles. The van der Waals surface area contributed by atoms with Crippen molar-refractivity contribution in [1.29, 1.82) is 0 Å². The van der Waals surface area contributed by atoms with E-state index in [1.54, 1.807) is 20.8 Å². The lowest BCUT2D eigenvalue weighted by molar-refractivity contribution is -0.156. The Morgan fingerprint density at radius 1 is 0.930 bits per heavy atom. The molecule has 1 aliphatic rings. The maximum Gasteiger partial charge on any atom is 0.421 e. The molecule has 1 fully saturated rings. The van der Waals surface area contributed by atoms with Crippen molar-refractivity contribution in [3.8, 4) is 0 Å². The van der Waals surface area contributed by atoms with Gasteiger partial charge in [0.05, 0.1) is 31.3 Å². The molecule has 0 unspecified atom stereocenters. The van der Waals surface area contributed by atoms with E-state index in [1.807, 2.05) is 0 Å². The number of carbonyl (C=O) groups excluding carboxylic acids is 4. The van der Waals surface area contributed by atoms with Gasteiger partial charge in [0.25, 0.3) is 0 Å². The van der Waals surface area contributed by atoms with Crippen LogP contribution in [-0.2, 0) is 42.8 Å². The summed E-state index contributed by atoms with van der Waals surface area (Å²) in [4.78, 5) is 53.6. The zero-order chi connectivity index (χ0) is 32.7. The predicted octanol–water partition coefficient (Wildman–Crippen LogP) is 3.23. The summed E-state index contributed by atoms with van der Waals surface area (Å²) in [7, 11) is -4.76. The van der Waals surface area contributed by atoms with Crippen LogP contribution in [0.2, 0.25) is 0 Å². The summed E-state index contributed by atoms with van der Waals surface area (Å²) in [6, 6.07) is -1.88. The van der Waals surface area contributed by atoms with Crippen molar-refractivity contribution in [2.45, 2.75) is 111 Å². The van der Waals surface area contributed by atoms with E-state index in [0.29, 0.717) is 24.3 Å². The predicted molar refractivity (Wildman–Crippen MR) is 155 cm³/mol. The number of urea groups is 1. The first-order valence-electron chi connectivity index (χ1n) is 14.7. The van der Waals surface area contributed by atoms with Crippen LogP contribution in [0.15, 0.2) is 0 Å². The zero-order valence-electron chi connectivity index (χ0n) is 26.3. The Labute approximate surface area is 255 Å². The van der Waals surface area contributed by atoms with Gasteiger partial charge in [0.2, 0.25) is 5.91 Å². The molecule has 1 saturated carbocycles. The Morgan fingerprint density at radius 2 is 1.56 bits per heavy atom. The summed E-state index contributed by atoms with van der Waals surface area (Å²) in [5.74, 6) is -1.48. The van der Waals surface area contributed by atoms with Crippen molar-refractivity contribution in [3.63, 3.8) is 0 Å². The van der Waals surface area contributed by atoms with Crippen LogP contribution in [0.3, 0.4) is 0 Å². The molecule has 0 aromatic carbocycles. The number of alkyl carbamates (subject to hydrolysis) is 1. The van der Waals surface area contributed by atoms with Gasteiger partial charge >= 0.3 is 28.5 Å². The Kier molecular flexibility index (Phi) is 16.2. The SMILES string of the molecule is CCCCCCCOC(=O)C(C)(C)COS(=O)(=O)ON(C(N)=O)[C@H]1CC[C@H](C(=O)NOCCNC(=O)OC(C)(C)C)CC1. The number of rotatable bonds is 18. The highest BCUT2D eigenvalue weighted by Gasteiger charge is 2.37. The van der Waals surface area contributed by atoms with Crippen LogP contribution in [0.1, 0.15) is 99.3 Å². The first-order valence-corrected chi connectivity index (χ1v) is 16.0. The molecule has 250 valence electrons. The van der Waals surface area contributed by atoms with Gasteiger partial charge in [-0.25, -0.2) is 19.3 Å². The highest BCUT2D eigenvalue weighted by Crippen LogP contribution is 2.29. The Hall–Kier alpha value is -2.69. The fraction of sp³-hybridized carbons (Fsp3) is 0.852. The Balaban J connectivity index is 2.47. The molecule has 0 bridgehead atoms. The van der Waals surface area contributed by atoms with Crippen molar-refractivity contribution in [3.05, 3.63) is 0 Å². The molecule has 16 heteroatoms. The van der Waals surface area contributed by atoms with E-state index in [1.165, 1.54) is 13.8 Å². The molecule has 4 N–H and O–H groups in total. The lowest BCUT2D eigenvalue weighted by atomic mass is 9.85. The number of ether oxygens (including phenoxy) is 2. The number of hydrogen-bond donors (Lipinski definition) is 3. The highest BCUT2D eigenvalue weighted by atomic mass is 32.3. The second-order valence-electron chi connectivity index (χ2n) is 12.1. The molecular formula is C27H50N4O11S. The monoisotopic (exact) mass is 638 g/mol. The highest BCUT2D eigenvalue weighted by molar-refractivity contribution is 7.81. The summed E-state index contributed by atoms with van der Waals surface area (Å²) in [6.07, 6.45) is 5.30. The van der Waals surface area contributed by atoms with Crippen LogP contribution in [0, 0.1) is 11.3 Å². The first-order chi connectivity index (χ1) is 20.0. The molecule has 4 amide bonds. The molecular weight excluding hydrogens is 588 g/mol. The molecule has 15 nitrogen and oxygen atoms in total. The van der Waals surface area contributed by atoms with Crippen LogP contribution in [-0.4, -0.2) is 75.5 Å². The number of nitrogens with zero attached hydrogens (tertiary/aromatic N) is 1. The quantitative estimate of drug-likeness (QED) is 0.113. The van der Waals surface area contributed by atoms with E-state index in [4.69, 9.17) is 28.5 Å². The van der Waals surface area contributed by atoms with Crippen LogP contribution in [0.25, 0.3) is 0 Å². The third-order valence-corrected chi connectivity index (χ3v) is 7.18. The normalized spacial score (nSPS) is 17.5. The van der Waals surface area contributed by atoms with Gasteiger partial charge in [-0.05, 0) is 66.7 Å². The summed E-state index contributed by atoms with van der Waals surface area (Å²) >= 11 is 0. The minimum Gasteiger partial charge on any atom is -0.465 e. The molecule has 0 spiro atoms. The molecule has 0 heterocycles. The van der Waals surface area contributed by atoms with E-state index in [9.17, 15) is 27.6 Å². The maximum absolute atomic E-state index is 12.5. The van der Waals surface area contributed by atoms with Gasteiger partial charge in [0.1, 0.15) is 5.60 Å². The summed E-state index contributed by atoms with van der Waals surface area (Å²) in [5.41, 5.74) is 5.77. The molecule has 1 aliphatic carbocycles.